The van der Waals surface area contributed by atoms with Crippen molar-refractivity contribution in [3.05, 3.63) is 29.3 Å². The van der Waals surface area contributed by atoms with Crippen LogP contribution < -0.4 is 10.5 Å². The number of rotatable bonds is 8. The Morgan fingerprint density at radius 3 is 2.70 bits per heavy atom. The second kappa shape index (κ2) is 7.02. The first kappa shape index (κ1) is 15.2. The molecule has 110 valence electrons. The fourth-order valence-corrected chi connectivity index (χ4v) is 2.44. The van der Waals surface area contributed by atoms with E-state index in [-0.39, 0.29) is 0 Å². The largest absolute Gasteiger partial charge is 0.496 e. The van der Waals surface area contributed by atoms with Gasteiger partial charge < -0.3 is 15.2 Å². The Balaban J connectivity index is 2.16. The molecule has 0 saturated heterocycles. The van der Waals surface area contributed by atoms with Crippen LogP contribution in [-0.4, -0.2) is 43.3 Å². The molecular weight excluding hydrogens is 272 g/mol. The van der Waals surface area contributed by atoms with Crippen LogP contribution in [0.3, 0.4) is 0 Å². The molecule has 0 aliphatic heterocycles. The molecule has 0 spiro atoms. The summed E-state index contributed by atoms with van der Waals surface area (Å²) in [5, 5.41) is 0. The summed E-state index contributed by atoms with van der Waals surface area (Å²) in [7, 11) is 3.43. The van der Waals surface area contributed by atoms with Crippen LogP contribution in [-0.2, 0) is 11.3 Å². The molecule has 0 aromatic heterocycles. The van der Waals surface area contributed by atoms with Gasteiger partial charge in [0.15, 0.2) is 0 Å². The molecule has 2 rings (SSSR count). The number of ether oxygens (including phenoxy) is 2. The molecule has 2 N–H and O–H groups in total. The normalized spacial score (nSPS) is 14.6. The highest BCUT2D eigenvalue weighted by atomic mass is 32.1. The molecule has 4 nitrogen and oxygen atoms in total. The van der Waals surface area contributed by atoms with E-state index in [1.165, 1.54) is 12.8 Å². The van der Waals surface area contributed by atoms with Crippen LogP contribution in [0.1, 0.15) is 24.0 Å². The molecule has 1 saturated carbocycles. The summed E-state index contributed by atoms with van der Waals surface area (Å²) in [5.74, 6) is 0.882. The van der Waals surface area contributed by atoms with Crippen molar-refractivity contribution < 1.29 is 9.47 Å². The number of thiocarbonyl (C=S) groups is 1. The quantitative estimate of drug-likeness (QED) is 0.743. The number of hydrogen-bond donors (Lipinski definition) is 1. The molecule has 0 atom stereocenters. The number of nitrogens with two attached hydrogens (primary N) is 1. The van der Waals surface area contributed by atoms with Crippen LogP contribution in [0.25, 0.3) is 0 Å². The maximum absolute atomic E-state index is 5.71. The third-order valence-corrected chi connectivity index (χ3v) is 3.82. The van der Waals surface area contributed by atoms with Gasteiger partial charge in [0.2, 0.25) is 0 Å². The Kier molecular flexibility index (Phi) is 5.34. The molecule has 0 radical (unpaired) electrons. The van der Waals surface area contributed by atoms with Crippen LogP contribution in [0.5, 0.6) is 5.75 Å². The second-order valence-electron chi connectivity index (χ2n) is 5.09. The Morgan fingerprint density at radius 2 is 2.15 bits per heavy atom. The lowest BCUT2D eigenvalue weighted by Gasteiger charge is -2.23. The minimum Gasteiger partial charge on any atom is -0.496 e. The summed E-state index contributed by atoms with van der Waals surface area (Å²) >= 11 is 5.05. The van der Waals surface area contributed by atoms with Crippen molar-refractivity contribution in [3.63, 3.8) is 0 Å². The first-order chi connectivity index (χ1) is 9.65. The van der Waals surface area contributed by atoms with Crippen LogP contribution in [0.4, 0.5) is 0 Å². The van der Waals surface area contributed by atoms with Crippen LogP contribution in [0.2, 0.25) is 0 Å². The fraction of sp³-hybridized carbons (Fsp3) is 0.533. The number of methoxy groups -OCH3 is 2. The van der Waals surface area contributed by atoms with Gasteiger partial charge in [0, 0.05) is 37.4 Å². The van der Waals surface area contributed by atoms with Gasteiger partial charge in [0.1, 0.15) is 10.7 Å². The topological polar surface area (TPSA) is 47.7 Å². The average Bonchev–Trinajstić information content (AvgIpc) is 3.27. The third-order valence-electron chi connectivity index (χ3n) is 3.58. The lowest BCUT2D eigenvalue weighted by molar-refractivity contribution is 0.139. The number of benzene rings is 1. The minimum atomic E-state index is 0.420. The molecule has 0 heterocycles. The SMILES string of the molecule is COCCN(Cc1cc(C(N)=S)ccc1OC)C1CC1. The number of hydrogen-bond acceptors (Lipinski definition) is 4. The highest BCUT2D eigenvalue weighted by molar-refractivity contribution is 7.80. The van der Waals surface area contributed by atoms with Gasteiger partial charge in [-0.1, -0.05) is 12.2 Å². The Hall–Kier alpha value is -1.17. The van der Waals surface area contributed by atoms with Gasteiger partial charge >= 0.3 is 0 Å². The zero-order chi connectivity index (χ0) is 14.5. The highest BCUT2D eigenvalue weighted by Crippen LogP contribution is 2.30. The molecule has 1 aliphatic carbocycles. The van der Waals surface area contributed by atoms with E-state index in [1.54, 1.807) is 14.2 Å². The van der Waals surface area contributed by atoms with Gasteiger partial charge in [-0.15, -0.1) is 0 Å². The first-order valence-electron chi connectivity index (χ1n) is 6.85. The van der Waals surface area contributed by atoms with Crippen molar-refractivity contribution in [2.75, 3.05) is 27.4 Å². The van der Waals surface area contributed by atoms with E-state index in [9.17, 15) is 0 Å². The van der Waals surface area contributed by atoms with Crippen molar-refractivity contribution in [2.45, 2.75) is 25.4 Å². The lowest BCUT2D eigenvalue weighted by Crippen LogP contribution is -2.29. The van der Waals surface area contributed by atoms with Crippen molar-refractivity contribution >= 4 is 17.2 Å². The predicted molar refractivity (Wildman–Crippen MR) is 84.2 cm³/mol. The van der Waals surface area contributed by atoms with Gasteiger partial charge in [0.05, 0.1) is 13.7 Å². The summed E-state index contributed by atoms with van der Waals surface area (Å²) in [6, 6.07) is 6.54. The zero-order valence-electron chi connectivity index (χ0n) is 12.1. The molecule has 20 heavy (non-hydrogen) atoms. The van der Waals surface area contributed by atoms with E-state index in [0.29, 0.717) is 11.0 Å². The van der Waals surface area contributed by atoms with E-state index in [1.807, 2.05) is 18.2 Å². The molecule has 0 unspecified atom stereocenters. The summed E-state index contributed by atoms with van der Waals surface area (Å²) in [6.45, 7) is 2.52. The van der Waals surface area contributed by atoms with Gasteiger partial charge in [0.25, 0.3) is 0 Å². The number of nitrogens with zero attached hydrogens (tertiary/aromatic N) is 1. The molecule has 0 amide bonds. The summed E-state index contributed by atoms with van der Waals surface area (Å²) in [4.78, 5) is 2.86. The van der Waals surface area contributed by atoms with Crippen LogP contribution in [0, 0.1) is 0 Å². The predicted octanol–water partition coefficient (Wildman–Crippen LogP) is 1.94. The summed E-state index contributed by atoms with van der Waals surface area (Å²) < 4.78 is 10.6. The van der Waals surface area contributed by atoms with E-state index in [2.05, 4.69) is 4.90 Å². The van der Waals surface area contributed by atoms with Crippen LogP contribution in [0.15, 0.2) is 18.2 Å². The molecule has 1 fully saturated rings. The first-order valence-corrected chi connectivity index (χ1v) is 7.26. The Bertz CT molecular complexity index is 475. The molecular formula is C15H22N2O2S. The maximum Gasteiger partial charge on any atom is 0.123 e. The molecule has 0 bridgehead atoms. The molecule has 5 heteroatoms. The third kappa shape index (κ3) is 3.91. The van der Waals surface area contributed by atoms with Crippen molar-refractivity contribution in [3.8, 4) is 5.75 Å². The molecule has 1 aromatic carbocycles. The standard InChI is InChI=1S/C15H22N2O2S/c1-18-8-7-17(13-4-5-13)10-12-9-11(15(16)20)3-6-14(12)19-2/h3,6,9,13H,4-5,7-8,10H2,1-2H3,(H2,16,20). The van der Waals surface area contributed by atoms with E-state index >= 15 is 0 Å². The smallest absolute Gasteiger partial charge is 0.123 e. The summed E-state index contributed by atoms with van der Waals surface area (Å²) in [5.41, 5.74) is 7.73. The lowest BCUT2D eigenvalue weighted by atomic mass is 10.1. The zero-order valence-corrected chi connectivity index (χ0v) is 12.9. The van der Waals surface area contributed by atoms with Crippen molar-refractivity contribution in [1.29, 1.82) is 0 Å². The van der Waals surface area contributed by atoms with E-state index < -0.39 is 0 Å². The van der Waals surface area contributed by atoms with Gasteiger partial charge in [-0.2, -0.15) is 0 Å². The van der Waals surface area contributed by atoms with Gasteiger partial charge in [-0.05, 0) is 31.0 Å². The molecule has 1 aromatic rings. The fourth-order valence-electron chi connectivity index (χ4n) is 2.31. The van der Waals surface area contributed by atoms with E-state index in [4.69, 9.17) is 27.4 Å². The monoisotopic (exact) mass is 294 g/mol. The van der Waals surface area contributed by atoms with Gasteiger partial charge in [-0.25, -0.2) is 0 Å². The van der Waals surface area contributed by atoms with Crippen molar-refractivity contribution in [1.82, 2.24) is 4.90 Å². The maximum atomic E-state index is 5.71. The highest BCUT2D eigenvalue weighted by Gasteiger charge is 2.29. The summed E-state index contributed by atoms with van der Waals surface area (Å²) in [6.07, 6.45) is 2.53. The van der Waals surface area contributed by atoms with Gasteiger partial charge in [-0.3, -0.25) is 4.90 Å². The van der Waals surface area contributed by atoms with Crippen molar-refractivity contribution in [2.24, 2.45) is 5.73 Å². The Labute approximate surface area is 125 Å². The Morgan fingerprint density at radius 1 is 1.40 bits per heavy atom. The second-order valence-corrected chi connectivity index (χ2v) is 5.53. The average molecular weight is 294 g/mol. The minimum absolute atomic E-state index is 0.420. The molecule has 1 aliphatic rings. The van der Waals surface area contributed by atoms with Crippen LogP contribution >= 0.6 is 12.2 Å². The van der Waals surface area contributed by atoms with E-state index in [0.717, 1.165) is 36.6 Å².